The van der Waals surface area contributed by atoms with Gasteiger partial charge in [-0.25, -0.2) is 15.0 Å². The Morgan fingerprint density at radius 2 is 1.38 bits per heavy atom. The van der Waals surface area contributed by atoms with E-state index in [2.05, 4.69) is 86.3 Å². The number of hydrogen-bond donors (Lipinski definition) is 2. The molecule has 0 saturated carbocycles. The van der Waals surface area contributed by atoms with E-state index in [1.54, 1.807) is 28.4 Å². The fraction of sp³-hybridized carbons (Fsp3) is 0.326. The van der Waals surface area contributed by atoms with E-state index in [1.807, 2.05) is 18.2 Å². The molecule has 290 valence electrons. The number of aromatic nitrogens is 4. The summed E-state index contributed by atoms with van der Waals surface area (Å²) in [4.78, 5) is 19.2. The van der Waals surface area contributed by atoms with Crippen molar-refractivity contribution in [1.82, 2.24) is 29.7 Å². The first-order chi connectivity index (χ1) is 27.3. The molecular formula is C43H47N7O6. The molecule has 0 spiro atoms. The van der Waals surface area contributed by atoms with Gasteiger partial charge in [-0.05, 0) is 110 Å². The number of anilines is 1. The highest BCUT2D eigenvalue weighted by molar-refractivity contribution is 5.80. The summed E-state index contributed by atoms with van der Waals surface area (Å²) in [5.41, 5.74) is 13.9. The third kappa shape index (κ3) is 6.99. The molecule has 0 amide bonds. The van der Waals surface area contributed by atoms with Gasteiger partial charge in [0.2, 0.25) is 5.75 Å². The van der Waals surface area contributed by atoms with Crippen LogP contribution in [-0.2, 0) is 25.7 Å². The Morgan fingerprint density at radius 1 is 0.696 bits per heavy atom. The summed E-state index contributed by atoms with van der Waals surface area (Å²) in [6.45, 7) is 1.86. The number of methoxy groups -OCH3 is 4. The highest BCUT2D eigenvalue weighted by atomic mass is 16.5. The van der Waals surface area contributed by atoms with Gasteiger partial charge in [0.1, 0.15) is 17.6 Å². The van der Waals surface area contributed by atoms with Crippen LogP contribution in [-0.4, -0.2) is 85.4 Å². The number of likely N-dealkylation sites (N-methyl/N-ethyl adjacent to an activating group) is 2. The van der Waals surface area contributed by atoms with E-state index in [0.717, 1.165) is 55.6 Å². The molecule has 4 aromatic carbocycles. The van der Waals surface area contributed by atoms with Crippen LogP contribution in [0.3, 0.4) is 0 Å². The predicted octanol–water partition coefficient (Wildman–Crippen LogP) is 7.10. The predicted molar refractivity (Wildman–Crippen MR) is 214 cm³/mol. The summed E-state index contributed by atoms with van der Waals surface area (Å²) >= 11 is 0. The van der Waals surface area contributed by atoms with Crippen LogP contribution < -0.4 is 34.2 Å². The van der Waals surface area contributed by atoms with Crippen LogP contribution in [0.25, 0.3) is 11.2 Å². The second kappa shape index (κ2) is 15.6. The Morgan fingerprint density at radius 3 is 2.11 bits per heavy atom. The lowest BCUT2D eigenvalue weighted by Gasteiger charge is -2.37. The van der Waals surface area contributed by atoms with E-state index in [0.29, 0.717) is 57.2 Å². The molecule has 6 aromatic rings. The smallest absolute Gasteiger partial charge is 0.204 e. The van der Waals surface area contributed by atoms with Gasteiger partial charge in [0.05, 0.1) is 34.8 Å². The molecule has 3 N–H and O–H groups in total. The summed E-state index contributed by atoms with van der Waals surface area (Å²) in [5.74, 6) is 5.84. The topological polar surface area (TPSA) is 142 Å². The summed E-state index contributed by atoms with van der Waals surface area (Å²) < 4.78 is 37.1. The van der Waals surface area contributed by atoms with Crippen molar-refractivity contribution in [3.63, 3.8) is 0 Å². The number of imidazole rings is 1. The van der Waals surface area contributed by atoms with Crippen molar-refractivity contribution in [2.45, 2.75) is 37.8 Å². The van der Waals surface area contributed by atoms with Crippen molar-refractivity contribution < 1.29 is 28.4 Å². The van der Waals surface area contributed by atoms with E-state index < -0.39 is 0 Å². The van der Waals surface area contributed by atoms with Crippen LogP contribution in [0.1, 0.15) is 45.5 Å². The van der Waals surface area contributed by atoms with Crippen LogP contribution in [0, 0.1) is 0 Å². The zero-order chi connectivity index (χ0) is 38.9. The van der Waals surface area contributed by atoms with Crippen molar-refractivity contribution in [2.24, 2.45) is 0 Å². The number of fused-ring (bicyclic) bond motifs is 3. The largest absolute Gasteiger partial charge is 0.493 e. The molecule has 4 aliphatic heterocycles. The first-order valence-electron chi connectivity index (χ1n) is 18.7. The third-order valence-corrected chi connectivity index (χ3v) is 11.1. The molecule has 2 aromatic heterocycles. The highest BCUT2D eigenvalue weighted by Crippen LogP contribution is 2.52. The molecule has 0 fully saturated rings. The number of hydrogen-bond acceptors (Lipinski definition) is 12. The van der Waals surface area contributed by atoms with Gasteiger partial charge in [-0.2, -0.15) is 0 Å². The maximum atomic E-state index is 7.03. The lowest BCUT2D eigenvalue weighted by atomic mass is 9.87. The molecule has 0 aliphatic carbocycles. The van der Waals surface area contributed by atoms with E-state index in [1.165, 1.54) is 34.9 Å². The number of rotatable bonds is 4. The molecule has 13 heteroatoms. The molecular weight excluding hydrogens is 711 g/mol. The first kappa shape index (κ1) is 36.9. The molecule has 0 saturated heterocycles. The van der Waals surface area contributed by atoms with Crippen LogP contribution >= 0.6 is 0 Å². The van der Waals surface area contributed by atoms with E-state index in [-0.39, 0.29) is 12.1 Å². The van der Waals surface area contributed by atoms with E-state index in [9.17, 15) is 0 Å². The molecule has 56 heavy (non-hydrogen) atoms. The number of nitrogens with one attached hydrogen (secondary N) is 1. The van der Waals surface area contributed by atoms with Gasteiger partial charge >= 0.3 is 0 Å². The van der Waals surface area contributed by atoms with Crippen LogP contribution in [0.2, 0.25) is 0 Å². The number of benzene rings is 4. The van der Waals surface area contributed by atoms with Crippen LogP contribution in [0.4, 0.5) is 5.82 Å². The summed E-state index contributed by atoms with van der Waals surface area (Å²) in [5, 5.41) is 0. The fourth-order valence-corrected chi connectivity index (χ4v) is 8.06. The quantitative estimate of drug-likeness (QED) is 0.190. The lowest BCUT2D eigenvalue weighted by molar-refractivity contribution is 0.220. The van der Waals surface area contributed by atoms with Crippen LogP contribution in [0.15, 0.2) is 73.3 Å². The number of nitrogens with two attached hydrogens (primary N) is 1. The zero-order valence-corrected chi connectivity index (χ0v) is 32.6. The number of ether oxygens (including phenoxy) is 6. The monoisotopic (exact) mass is 757 g/mol. The standard InChI is InChI=1S/C38H42N2O6.C5H5N5/c1-39-15-13-25-20-32(42-4)34-22-28(25)29(39)17-23-7-10-27(11-8-23)45-33-19-24(9-12-31(33)41-3)18-30-36-26(14-16-40(30)2)21-35(43-5)37(44-6)38(36)46-34;6-4-3-5(9-1-7-3)10-2-8-4/h7-12,19-22,29-30H,13-18H2,1-6H3;1-2H,(H3,6,7,8,9,10). The number of H-pyrrole nitrogens is 1. The first-order valence-corrected chi connectivity index (χ1v) is 18.7. The van der Waals surface area contributed by atoms with Crippen molar-refractivity contribution in [3.8, 4) is 46.0 Å². The normalized spacial score (nSPS) is 17.6. The second-order valence-electron chi connectivity index (χ2n) is 14.3. The van der Waals surface area contributed by atoms with Crippen molar-refractivity contribution in [1.29, 1.82) is 0 Å². The minimum absolute atomic E-state index is 0.000437. The SMILES string of the molecule is COc1ccc2cc1Oc1ccc(cc1)CC1c3cc(c(OC)cc3CCN1C)Oc1c(OC)c(OC)cc3c1C(C2)N(C)CC3.Nc1ncnc2nc[nH]c12. The van der Waals surface area contributed by atoms with Crippen LogP contribution in [0.5, 0.6) is 46.0 Å². The van der Waals surface area contributed by atoms with Gasteiger partial charge < -0.3 is 39.1 Å². The highest BCUT2D eigenvalue weighted by Gasteiger charge is 2.34. The summed E-state index contributed by atoms with van der Waals surface area (Å²) in [7, 11) is 11.1. The molecule has 2 unspecified atom stereocenters. The maximum absolute atomic E-state index is 7.03. The van der Waals surface area contributed by atoms with Gasteiger partial charge in [0.15, 0.2) is 46.0 Å². The summed E-state index contributed by atoms with van der Waals surface area (Å²) in [6.07, 6.45) is 6.30. The number of nitrogen functional groups attached to an aromatic ring is 1. The lowest BCUT2D eigenvalue weighted by Crippen LogP contribution is -2.34. The Kier molecular flexibility index (Phi) is 10.3. The molecule has 6 bridgehead atoms. The van der Waals surface area contributed by atoms with Gasteiger partial charge in [0.25, 0.3) is 0 Å². The van der Waals surface area contributed by atoms with E-state index in [4.69, 9.17) is 34.2 Å². The maximum Gasteiger partial charge on any atom is 0.204 e. The minimum atomic E-state index is 0.000437. The third-order valence-electron chi connectivity index (χ3n) is 11.1. The fourth-order valence-electron chi connectivity index (χ4n) is 8.06. The molecule has 2 atom stereocenters. The Balaban J connectivity index is 0.000000381. The number of nitrogens with zero attached hydrogens (tertiary/aromatic N) is 5. The molecule has 6 heterocycles. The molecule has 10 rings (SSSR count). The van der Waals surface area contributed by atoms with Crippen molar-refractivity contribution >= 4 is 17.0 Å². The summed E-state index contributed by atoms with van der Waals surface area (Å²) in [6, 6.07) is 21.2. The zero-order valence-electron chi connectivity index (χ0n) is 32.6. The minimum Gasteiger partial charge on any atom is -0.493 e. The Labute approximate surface area is 326 Å². The van der Waals surface area contributed by atoms with Gasteiger partial charge in [0, 0.05) is 30.7 Å². The van der Waals surface area contributed by atoms with Gasteiger partial charge in [-0.15, -0.1) is 0 Å². The average Bonchev–Trinajstić information content (AvgIpc) is 3.71. The molecule has 13 nitrogen and oxygen atoms in total. The van der Waals surface area contributed by atoms with Crippen molar-refractivity contribution in [2.75, 3.05) is 61.4 Å². The molecule has 0 radical (unpaired) electrons. The Bertz CT molecular complexity index is 2360. The second-order valence-corrected chi connectivity index (χ2v) is 14.3. The molecule has 4 aliphatic rings. The van der Waals surface area contributed by atoms with Crippen molar-refractivity contribution in [3.05, 3.63) is 107 Å². The van der Waals surface area contributed by atoms with Gasteiger partial charge in [-0.1, -0.05) is 18.2 Å². The van der Waals surface area contributed by atoms with Gasteiger partial charge in [-0.3, -0.25) is 9.80 Å². The van der Waals surface area contributed by atoms with E-state index >= 15 is 0 Å². The number of aromatic amines is 1. The Hall–Kier alpha value is -6.05. The average molecular weight is 758 g/mol.